The summed E-state index contributed by atoms with van der Waals surface area (Å²) in [6, 6.07) is 0. The SMILES string of the molecule is CC(C)(C)CC(=O)CCCCCC(=O)O. The van der Waals surface area contributed by atoms with Gasteiger partial charge in [0.25, 0.3) is 0 Å². The average molecular weight is 214 g/mol. The molecule has 88 valence electrons. The summed E-state index contributed by atoms with van der Waals surface area (Å²) >= 11 is 0. The summed E-state index contributed by atoms with van der Waals surface area (Å²) in [7, 11) is 0. The smallest absolute Gasteiger partial charge is 0.303 e. The second kappa shape index (κ2) is 6.59. The summed E-state index contributed by atoms with van der Waals surface area (Å²) in [5, 5.41) is 8.41. The van der Waals surface area contributed by atoms with Crippen molar-refractivity contribution in [2.24, 2.45) is 5.41 Å². The van der Waals surface area contributed by atoms with Gasteiger partial charge in [0.15, 0.2) is 0 Å². The molecule has 3 heteroatoms. The fourth-order valence-electron chi connectivity index (χ4n) is 1.46. The first kappa shape index (κ1) is 14.1. The molecule has 0 saturated heterocycles. The molecule has 0 rings (SSSR count). The largest absolute Gasteiger partial charge is 0.481 e. The molecule has 0 aliphatic heterocycles. The molecule has 0 aromatic heterocycles. The summed E-state index contributed by atoms with van der Waals surface area (Å²) in [5.41, 5.74) is 0.0676. The maximum atomic E-state index is 11.4. The molecule has 1 N–H and O–H groups in total. The van der Waals surface area contributed by atoms with Crippen LogP contribution in [0.5, 0.6) is 0 Å². The molecule has 0 aliphatic rings. The van der Waals surface area contributed by atoms with E-state index in [1.165, 1.54) is 0 Å². The summed E-state index contributed by atoms with van der Waals surface area (Å²) in [6.07, 6.45) is 3.76. The molecular formula is C12H22O3. The van der Waals surface area contributed by atoms with Crippen LogP contribution in [0.4, 0.5) is 0 Å². The van der Waals surface area contributed by atoms with Gasteiger partial charge in [0.05, 0.1) is 0 Å². The number of hydrogen-bond donors (Lipinski definition) is 1. The van der Waals surface area contributed by atoms with E-state index in [1.807, 2.05) is 0 Å². The van der Waals surface area contributed by atoms with Gasteiger partial charge in [-0.1, -0.05) is 27.2 Å². The van der Waals surface area contributed by atoms with Gasteiger partial charge in [0, 0.05) is 19.3 Å². The molecule has 0 atom stereocenters. The molecule has 0 spiro atoms. The van der Waals surface area contributed by atoms with Crippen LogP contribution in [-0.2, 0) is 9.59 Å². The third-order valence-electron chi connectivity index (χ3n) is 2.07. The van der Waals surface area contributed by atoms with Gasteiger partial charge in [-0.15, -0.1) is 0 Å². The van der Waals surface area contributed by atoms with E-state index in [9.17, 15) is 9.59 Å². The van der Waals surface area contributed by atoms with Crippen LogP contribution in [0, 0.1) is 5.41 Å². The molecule has 0 amide bonds. The Balaban J connectivity index is 3.44. The van der Waals surface area contributed by atoms with Gasteiger partial charge in [0.2, 0.25) is 0 Å². The quantitative estimate of drug-likeness (QED) is 0.663. The van der Waals surface area contributed by atoms with Crippen LogP contribution in [0.1, 0.15) is 59.3 Å². The van der Waals surface area contributed by atoms with E-state index in [0.29, 0.717) is 19.3 Å². The van der Waals surface area contributed by atoms with Crippen molar-refractivity contribution in [3.63, 3.8) is 0 Å². The standard InChI is InChI=1S/C12H22O3/c1-12(2,3)9-10(13)7-5-4-6-8-11(14)15/h4-9H2,1-3H3,(H,14,15). The van der Waals surface area contributed by atoms with E-state index in [0.717, 1.165) is 12.8 Å². The van der Waals surface area contributed by atoms with E-state index in [4.69, 9.17) is 5.11 Å². The summed E-state index contributed by atoms with van der Waals surface area (Å²) in [5.74, 6) is -0.464. The highest BCUT2D eigenvalue weighted by molar-refractivity contribution is 5.78. The minimum atomic E-state index is -0.754. The van der Waals surface area contributed by atoms with Crippen molar-refractivity contribution in [3.8, 4) is 0 Å². The van der Waals surface area contributed by atoms with Gasteiger partial charge in [-0.05, 0) is 18.3 Å². The number of carboxylic acid groups (broad SMARTS) is 1. The predicted molar refractivity (Wildman–Crippen MR) is 59.8 cm³/mol. The van der Waals surface area contributed by atoms with Crippen LogP contribution in [0.3, 0.4) is 0 Å². The lowest BCUT2D eigenvalue weighted by Gasteiger charge is -2.16. The second-order valence-electron chi connectivity index (χ2n) is 5.23. The Morgan fingerprint density at radius 3 is 2.00 bits per heavy atom. The highest BCUT2D eigenvalue weighted by atomic mass is 16.4. The van der Waals surface area contributed by atoms with Gasteiger partial charge < -0.3 is 5.11 Å². The van der Waals surface area contributed by atoms with Crippen LogP contribution in [-0.4, -0.2) is 16.9 Å². The minimum absolute atomic E-state index is 0.0676. The number of hydrogen-bond acceptors (Lipinski definition) is 2. The zero-order chi connectivity index (χ0) is 11.9. The third-order valence-corrected chi connectivity index (χ3v) is 2.07. The molecular weight excluding hydrogens is 192 g/mol. The van der Waals surface area contributed by atoms with Crippen molar-refractivity contribution < 1.29 is 14.7 Å². The molecule has 0 fully saturated rings. The number of aliphatic carboxylic acids is 1. The van der Waals surface area contributed by atoms with Crippen molar-refractivity contribution in [2.45, 2.75) is 59.3 Å². The summed E-state index contributed by atoms with van der Waals surface area (Å²) < 4.78 is 0. The Kier molecular flexibility index (Phi) is 6.21. The monoisotopic (exact) mass is 214 g/mol. The number of carbonyl (C=O) groups is 2. The number of ketones is 1. The Labute approximate surface area is 91.9 Å². The highest BCUT2D eigenvalue weighted by Gasteiger charge is 2.15. The van der Waals surface area contributed by atoms with Gasteiger partial charge in [-0.2, -0.15) is 0 Å². The molecule has 0 aliphatic carbocycles. The zero-order valence-electron chi connectivity index (χ0n) is 10.0. The summed E-state index contributed by atoms with van der Waals surface area (Å²) in [4.78, 5) is 21.7. The van der Waals surface area contributed by atoms with Gasteiger partial charge in [0.1, 0.15) is 5.78 Å². The normalized spacial score (nSPS) is 11.4. The lowest BCUT2D eigenvalue weighted by atomic mass is 9.88. The molecule has 0 radical (unpaired) electrons. The van der Waals surface area contributed by atoms with Crippen LogP contribution in [0.25, 0.3) is 0 Å². The predicted octanol–water partition coefficient (Wildman–Crippen LogP) is 3.03. The molecule has 0 bridgehead atoms. The average Bonchev–Trinajstić information content (AvgIpc) is 1.99. The van der Waals surface area contributed by atoms with Crippen molar-refractivity contribution >= 4 is 11.8 Å². The van der Waals surface area contributed by atoms with E-state index in [2.05, 4.69) is 20.8 Å². The Morgan fingerprint density at radius 2 is 1.53 bits per heavy atom. The van der Waals surface area contributed by atoms with E-state index >= 15 is 0 Å². The number of Topliss-reactive ketones (excluding diaryl/α,β-unsaturated/α-hetero) is 1. The molecule has 3 nitrogen and oxygen atoms in total. The molecule has 15 heavy (non-hydrogen) atoms. The van der Waals surface area contributed by atoms with Crippen molar-refractivity contribution in [3.05, 3.63) is 0 Å². The lowest BCUT2D eigenvalue weighted by molar-refractivity contribution is -0.137. The highest BCUT2D eigenvalue weighted by Crippen LogP contribution is 2.20. The van der Waals surface area contributed by atoms with E-state index < -0.39 is 5.97 Å². The lowest BCUT2D eigenvalue weighted by Crippen LogP contribution is -2.12. The van der Waals surface area contributed by atoms with E-state index in [-0.39, 0.29) is 17.6 Å². The van der Waals surface area contributed by atoms with Crippen LogP contribution < -0.4 is 0 Å². The molecule has 0 heterocycles. The van der Waals surface area contributed by atoms with Crippen LogP contribution >= 0.6 is 0 Å². The number of carbonyl (C=O) groups excluding carboxylic acids is 1. The van der Waals surface area contributed by atoms with Crippen molar-refractivity contribution in [2.75, 3.05) is 0 Å². The molecule has 0 unspecified atom stereocenters. The number of rotatable bonds is 7. The zero-order valence-corrected chi connectivity index (χ0v) is 10.0. The van der Waals surface area contributed by atoms with Gasteiger partial charge in [-0.25, -0.2) is 0 Å². The first-order chi connectivity index (χ1) is 6.81. The molecule has 0 aromatic rings. The topological polar surface area (TPSA) is 54.4 Å². The van der Waals surface area contributed by atoms with Crippen LogP contribution in [0.2, 0.25) is 0 Å². The molecule has 0 saturated carbocycles. The van der Waals surface area contributed by atoms with Crippen molar-refractivity contribution in [1.29, 1.82) is 0 Å². The maximum absolute atomic E-state index is 11.4. The second-order valence-corrected chi connectivity index (χ2v) is 5.23. The number of unbranched alkanes of at least 4 members (excludes halogenated alkanes) is 2. The van der Waals surface area contributed by atoms with Gasteiger partial charge in [-0.3, -0.25) is 9.59 Å². The maximum Gasteiger partial charge on any atom is 0.303 e. The Hall–Kier alpha value is -0.860. The van der Waals surface area contributed by atoms with Gasteiger partial charge >= 0.3 is 5.97 Å². The first-order valence-corrected chi connectivity index (χ1v) is 5.55. The fourth-order valence-corrected chi connectivity index (χ4v) is 1.46. The Bertz CT molecular complexity index is 213. The van der Waals surface area contributed by atoms with Crippen molar-refractivity contribution in [1.82, 2.24) is 0 Å². The van der Waals surface area contributed by atoms with E-state index in [1.54, 1.807) is 0 Å². The third kappa shape index (κ3) is 11.1. The minimum Gasteiger partial charge on any atom is -0.481 e. The summed E-state index contributed by atoms with van der Waals surface area (Å²) in [6.45, 7) is 6.15. The van der Waals surface area contributed by atoms with Crippen LogP contribution in [0.15, 0.2) is 0 Å². The fraction of sp³-hybridized carbons (Fsp3) is 0.833. The molecule has 0 aromatic carbocycles. The number of carboxylic acids is 1. The first-order valence-electron chi connectivity index (χ1n) is 5.55. The Morgan fingerprint density at radius 1 is 1.00 bits per heavy atom.